The first-order valence-corrected chi connectivity index (χ1v) is 10.2. The van der Waals surface area contributed by atoms with E-state index in [4.69, 9.17) is 16.7 Å². The fourth-order valence-corrected chi connectivity index (χ4v) is 4.27. The Morgan fingerprint density at radius 3 is 2.50 bits per heavy atom. The molecule has 11 heteroatoms. The predicted octanol–water partition coefficient (Wildman–Crippen LogP) is 2.34. The van der Waals surface area contributed by atoms with Crippen LogP contribution in [0.15, 0.2) is 12.1 Å². The molecule has 0 aromatic heterocycles. The fraction of sp³-hybridized carbons (Fsp3) is 0.462. The molecule has 1 aromatic carbocycles. The number of hydrogen-bond donors (Lipinski definition) is 2. The average Bonchev–Trinajstić information content (AvgIpc) is 2.44. The van der Waals surface area contributed by atoms with Crippen molar-refractivity contribution in [2.45, 2.75) is 19.8 Å². The van der Waals surface area contributed by atoms with E-state index >= 15 is 0 Å². The number of benzene rings is 1. The van der Waals surface area contributed by atoms with Crippen molar-refractivity contribution in [1.82, 2.24) is 0 Å². The number of aromatic carboxylic acids is 1. The van der Waals surface area contributed by atoms with Crippen LogP contribution in [0.25, 0.3) is 0 Å². The van der Waals surface area contributed by atoms with Gasteiger partial charge in [-0.1, -0.05) is 18.5 Å². The minimum Gasteiger partial charge on any atom is -0.478 e. The number of halogens is 2. The quantitative estimate of drug-likeness (QED) is 0.614. The summed E-state index contributed by atoms with van der Waals surface area (Å²) in [6.07, 6.45) is 0.435. The molecular formula is C13H17ClFNO6S2. The van der Waals surface area contributed by atoms with Crippen LogP contribution < -0.4 is 4.31 Å². The van der Waals surface area contributed by atoms with Gasteiger partial charge < -0.3 is 5.11 Å². The molecule has 1 unspecified atom stereocenters. The lowest BCUT2D eigenvalue weighted by Crippen LogP contribution is -2.29. The number of carbonyl (C=O) groups is 1. The van der Waals surface area contributed by atoms with Crippen LogP contribution in [0.2, 0.25) is 5.02 Å². The van der Waals surface area contributed by atoms with Crippen LogP contribution in [0.5, 0.6) is 0 Å². The summed E-state index contributed by atoms with van der Waals surface area (Å²) >= 11 is 2.96. The highest BCUT2D eigenvalue weighted by Crippen LogP contribution is 2.29. The van der Waals surface area contributed by atoms with Crippen molar-refractivity contribution in [3.63, 3.8) is 0 Å². The zero-order valence-electron chi connectivity index (χ0n) is 12.7. The number of rotatable bonds is 9. The van der Waals surface area contributed by atoms with Gasteiger partial charge in [-0.25, -0.2) is 21.8 Å². The molecule has 0 heterocycles. The van der Waals surface area contributed by atoms with Gasteiger partial charge in [-0.3, -0.25) is 8.86 Å². The topological polar surface area (TPSA) is 112 Å². The van der Waals surface area contributed by atoms with E-state index in [-0.39, 0.29) is 29.5 Å². The van der Waals surface area contributed by atoms with Crippen LogP contribution in [-0.4, -0.2) is 46.3 Å². The maximum Gasteiger partial charge on any atom is 0.340 e. The van der Waals surface area contributed by atoms with Crippen LogP contribution >= 0.6 is 11.6 Å². The van der Waals surface area contributed by atoms with Crippen molar-refractivity contribution in [2.24, 2.45) is 0 Å². The van der Waals surface area contributed by atoms with Crippen molar-refractivity contribution in [2.75, 3.05) is 22.4 Å². The van der Waals surface area contributed by atoms with Crippen LogP contribution in [0.3, 0.4) is 0 Å². The Balaban J connectivity index is 3.04. The molecule has 0 aliphatic heterocycles. The molecular weight excluding hydrogens is 385 g/mol. The first-order valence-electron chi connectivity index (χ1n) is 6.91. The van der Waals surface area contributed by atoms with Gasteiger partial charge in [0.2, 0.25) is 0 Å². The molecule has 136 valence electrons. The lowest BCUT2D eigenvalue weighted by Gasteiger charge is -2.21. The van der Waals surface area contributed by atoms with Gasteiger partial charge in [-0.15, -0.1) is 0 Å². The lowest BCUT2D eigenvalue weighted by atomic mass is 10.2. The predicted molar refractivity (Wildman–Crippen MR) is 90.0 cm³/mol. The first kappa shape index (κ1) is 20.8. The van der Waals surface area contributed by atoms with E-state index in [9.17, 15) is 26.4 Å². The van der Waals surface area contributed by atoms with Crippen molar-refractivity contribution in [3.8, 4) is 0 Å². The molecule has 0 aliphatic carbocycles. The van der Waals surface area contributed by atoms with E-state index in [0.29, 0.717) is 10.7 Å². The minimum absolute atomic E-state index is 0.00627. The largest absolute Gasteiger partial charge is 0.478 e. The second-order valence-corrected chi connectivity index (χ2v) is 8.51. The number of carboxylic acid groups (broad SMARTS) is 1. The second kappa shape index (κ2) is 8.75. The normalized spacial score (nSPS) is 12.8. The highest BCUT2D eigenvalue weighted by atomic mass is 35.5. The highest BCUT2D eigenvalue weighted by Gasteiger charge is 2.24. The maximum absolute atomic E-state index is 14.3. The Bertz CT molecular complexity index is 740. The Kier molecular flexibility index (Phi) is 7.58. The molecule has 0 saturated carbocycles. The summed E-state index contributed by atoms with van der Waals surface area (Å²) in [4.78, 5) is 11.0. The van der Waals surface area contributed by atoms with E-state index in [0.717, 1.165) is 12.1 Å². The summed E-state index contributed by atoms with van der Waals surface area (Å²) in [6.45, 7) is 1.47. The highest BCUT2D eigenvalue weighted by molar-refractivity contribution is 7.91. The average molecular weight is 402 g/mol. The van der Waals surface area contributed by atoms with E-state index in [1.807, 2.05) is 0 Å². The van der Waals surface area contributed by atoms with Gasteiger partial charge >= 0.3 is 5.97 Å². The van der Waals surface area contributed by atoms with Gasteiger partial charge in [0.15, 0.2) is 5.82 Å². The van der Waals surface area contributed by atoms with Crippen molar-refractivity contribution < 1.29 is 31.5 Å². The molecule has 0 bridgehead atoms. The SMILES string of the molecule is CCCS(=O)(=O)CCCN(c1ccc(Cl)c(C(=O)O)c1F)S(=O)O. The summed E-state index contributed by atoms with van der Waals surface area (Å²) in [7, 11) is -3.29. The maximum atomic E-state index is 14.3. The van der Waals surface area contributed by atoms with Crippen LogP contribution in [0.4, 0.5) is 10.1 Å². The van der Waals surface area contributed by atoms with Gasteiger partial charge in [-0.2, -0.15) is 0 Å². The standard InChI is InChI=1S/C13H17ClFNO6S2/c1-2-7-24(21,22)8-3-6-16(23(19)20)10-5-4-9(14)11(12(10)15)13(17)18/h4-5H,2-3,6-8H2,1H3,(H,17,18)(H,19,20). The minimum atomic E-state index is -3.29. The Labute approximate surface area is 146 Å². The molecule has 0 saturated heterocycles. The Hall–Kier alpha value is -1.23. The zero-order chi connectivity index (χ0) is 18.5. The van der Waals surface area contributed by atoms with Gasteiger partial charge in [-0.05, 0) is 25.0 Å². The number of anilines is 1. The summed E-state index contributed by atoms with van der Waals surface area (Å²) in [6, 6.07) is 2.16. The van der Waals surface area contributed by atoms with E-state index < -0.39 is 44.1 Å². The molecule has 1 aromatic rings. The summed E-state index contributed by atoms with van der Waals surface area (Å²) in [5.41, 5.74) is -1.26. The van der Waals surface area contributed by atoms with Gasteiger partial charge in [0.05, 0.1) is 16.5 Å². The zero-order valence-corrected chi connectivity index (χ0v) is 15.1. The van der Waals surface area contributed by atoms with Crippen LogP contribution in [0.1, 0.15) is 30.1 Å². The smallest absolute Gasteiger partial charge is 0.340 e. The third-order valence-corrected chi connectivity index (χ3v) is 6.09. The summed E-state index contributed by atoms with van der Waals surface area (Å²) < 4.78 is 59.0. The number of hydrogen-bond acceptors (Lipinski definition) is 4. The molecule has 0 aliphatic rings. The second-order valence-electron chi connectivity index (χ2n) is 4.90. The molecule has 1 rings (SSSR count). The molecule has 2 N–H and O–H groups in total. The van der Waals surface area contributed by atoms with E-state index in [1.165, 1.54) is 0 Å². The third-order valence-electron chi connectivity index (χ3n) is 3.07. The van der Waals surface area contributed by atoms with Crippen molar-refractivity contribution >= 4 is 44.4 Å². The molecule has 24 heavy (non-hydrogen) atoms. The number of carboxylic acids is 1. The molecule has 0 radical (unpaired) electrons. The van der Waals surface area contributed by atoms with Gasteiger partial charge in [0, 0.05) is 12.3 Å². The van der Waals surface area contributed by atoms with Crippen LogP contribution in [-0.2, 0) is 21.1 Å². The van der Waals surface area contributed by atoms with E-state index in [2.05, 4.69) is 0 Å². The number of sulfone groups is 1. The monoisotopic (exact) mass is 401 g/mol. The Morgan fingerprint density at radius 1 is 1.38 bits per heavy atom. The molecule has 0 fully saturated rings. The van der Waals surface area contributed by atoms with E-state index in [1.54, 1.807) is 6.92 Å². The summed E-state index contributed by atoms with van der Waals surface area (Å²) in [5.74, 6) is -3.11. The number of nitrogens with zero attached hydrogens (tertiary/aromatic N) is 1. The molecule has 0 spiro atoms. The van der Waals surface area contributed by atoms with Gasteiger partial charge in [0.1, 0.15) is 15.4 Å². The fourth-order valence-electron chi connectivity index (χ4n) is 2.05. The van der Waals surface area contributed by atoms with Crippen molar-refractivity contribution in [3.05, 3.63) is 28.5 Å². The molecule has 0 amide bonds. The lowest BCUT2D eigenvalue weighted by molar-refractivity contribution is 0.0692. The molecule has 1 atom stereocenters. The van der Waals surface area contributed by atoms with Crippen LogP contribution in [0, 0.1) is 5.82 Å². The first-order chi connectivity index (χ1) is 11.1. The molecule has 7 nitrogen and oxygen atoms in total. The Morgan fingerprint density at radius 2 is 2.00 bits per heavy atom. The van der Waals surface area contributed by atoms with Crippen molar-refractivity contribution in [1.29, 1.82) is 0 Å². The third kappa shape index (κ3) is 5.40. The summed E-state index contributed by atoms with van der Waals surface area (Å²) in [5, 5.41) is 8.62. The van der Waals surface area contributed by atoms with Gasteiger partial charge in [0.25, 0.3) is 11.3 Å².